The van der Waals surface area contributed by atoms with Crippen molar-refractivity contribution in [2.75, 3.05) is 21.1 Å². The minimum Gasteiger partial charge on any atom is -0.741 e. The van der Waals surface area contributed by atoms with Gasteiger partial charge >= 0.3 is 17.1 Å². The van der Waals surface area contributed by atoms with E-state index in [1.54, 1.807) is 33.0 Å². The van der Waals surface area contributed by atoms with Crippen LogP contribution in [0, 0.1) is 0 Å². The molecule has 0 unspecified atom stereocenters. The number of nitrogens with one attached hydrogen (secondary N) is 1. The first-order valence-corrected chi connectivity index (χ1v) is 5.18. The maximum absolute atomic E-state index is 4.91. The van der Waals surface area contributed by atoms with Crippen LogP contribution in [0.25, 0.3) is 0 Å². The molecule has 0 aromatic heterocycles. The van der Waals surface area contributed by atoms with E-state index in [-0.39, 0.29) is 17.1 Å². The molecule has 0 aliphatic heterocycles. The van der Waals surface area contributed by atoms with Crippen LogP contribution in [0.3, 0.4) is 0 Å². The van der Waals surface area contributed by atoms with Crippen LogP contribution in [0.4, 0.5) is 0 Å². The van der Waals surface area contributed by atoms with E-state index in [9.17, 15) is 0 Å². The zero-order valence-corrected chi connectivity index (χ0v) is 12.5. The third-order valence-corrected chi connectivity index (χ3v) is 2.02. The van der Waals surface area contributed by atoms with Crippen LogP contribution in [0.1, 0.15) is 6.92 Å². The second kappa shape index (κ2) is 10.4. The topological polar surface area (TPSA) is 64.7 Å². The summed E-state index contributed by atoms with van der Waals surface area (Å²) in [6.45, 7) is 1.75. The third kappa shape index (κ3) is 10.1. The van der Waals surface area contributed by atoms with Crippen molar-refractivity contribution < 1.29 is 17.1 Å². The van der Waals surface area contributed by atoms with Gasteiger partial charge in [-0.1, -0.05) is 0 Å². The summed E-state index contributed by atoms with van der Waals surface area (Å²) in [5, 5.41) is 12.2. The van der Waals surface area contributed by atoms with Gasteiger partial charge in [-0.15, -0.1) is 0 Å². The van der Waals surface area contributed by atoms with Crippen molar-refractivity contribution in [3.05, 3.63) is 0 Å². The molecule has 0 spiro atoms. The van der Waals surface area contributed by atoms with E-state index in [2.05, 4.69) is 25.7 Å². The number of rotatable bonds is 3. The zero-order valence-electron chi connectivity index (χ0n) is 9.93. The molecular weight excluding hydrogens is 311 g/mol. The second-order valence-corrected chi connectivity index (χ2v) is 3.67. The predicted molar refractivity (Wildman–Crippen MR) is 73.9 cm³/mol. The molecule has 0 heterocycles. The van der Waals surface area contributed by atoms with Crippen LogP contribution in [-0.4, -0.2) is 48.3 Å². The molecule has 99 valence electrons. The maximum Gasteiger partial charge on any atom is 2.00 e. The van der Waals surface area contributed by atoms with Gasteiger partial charge in [0.2, 0.25) is 0 Å². The van der Waals surface area contributed by atoms with Gasteiger partial charge in [0.05, 0.1) is 11.9 Å². The van der Waals surface area contributed by atoms with E-state index < -0.39 is 0 Å². The van der Waals surface area contributed by atoms with Gasteiger partial charge in [0, 0.05) is 26.3 Å². The van der Waals surface area contributed by atoms with E-state index in [0.29, 0.717) is 16.0 Å². The summed E-state index contributed by atoms with van der Waals surface area (Å²) < 4.78 is 0. The molecule has 0 saturated carbocycles. The first kappa shape index (κ1) is 18.6. The average Bonchev–Trinajstić information content (AvgIpc) is 2.25. The largest absolute Gasteiger partial charge is 2.00 e. The van der Waals surface area contributed by atoms with Crippen molar-refractivity contribution in [3.63, 3.8) is 0 Å². The summed E-state index contributed by atoms with van der Waals surface area (Å²) in [4.78, 5) is 5.39. The smallest absolute Gasteiger partial charge is 0.741 e. The Hall–Kier alpha value is -0.761. The number of hydrazone groups is 1. The molecule has 1 N–H and O–H groups in total. The van der Waals surface area contributed by atoms with E-state index >= 15 is 0 Å². The Bertz CT molecular complexity index is 337. The summed E-state index contributed by atoms with van der Waals surface area (Å²) in [6, 6.07) is 0. The van der Waals surface area contributed by atoms with E-state index in [0.717, 1.165) is 0 Å². The minimum absolute atomic E-state index is 0. The van der Waals surface area contributed by atoms with E-state index in [4.69, 9.17) is 25.3 Å². The van der Waals surface area contributed by atoms with Crippen molar-refractivity contribution in [1.29, 1.82) is 0 Å². The predicted octanol–water partition coefficient (Wildman–Crippen LogP) is -0.0676. The van der Waals surface area contributed by atoms with Crippen LogP contribution in [-0.2, 0) is 42.3 Å². The average molecular weight is 325 g/mol. The fraction of sp³-hybridized carbons (Fsp3) is 0.500. The summed E-state index contributed by atoms with van der Waals surface area (Å²) in [5.41, 5.74) is 3.19. The molecule has 0 aromatic carbocycles. The molecule has 0 fully saturated rings. The van der Waals surface area contributed by atoms with Gasteiger partial charge < -0.3 is 30.2 Å². The molecule has 0 aromatic rings. The number of amidine groups is 2. The zero-order chi connectivity index (χ0) is 12.6. The summed E-state index contributed by atoms with van der Waals surface area (Å²) in [6.07, 6.45) is 1.47. The molecule has 0 saturated heterocycles. The summed E-state index contributed by atoms with van der Waals surface area (Å²) >= 11 is 9.69. The van der Waals surface area contributed by atoms with Crippen LogP contribution in [0.2, 0.25) is 0 Å². The molecule has 0 atom stereocenters. The monoisotopic (exact) mass is 325 g/mol. The number of hydrogen-bond acceptors (Lipinski definition) is 6. The Balaban J connectivity index is 0. The molecular formula is C8H14CuN6S2. The van der Waals surface area contributed by atoms with Gasteiger partial charge in [0.25, 0.3) is 0 Å². The normalized spacial score (nSPS) is 13.5. The van der Waals surface area contributed by atoms with Gasteiger partial charge in [-0.25, -0.2) is 0 Å². The first-order valence-electron chi connectivity index (χ1n) is 4.36. The third-order valence-electron chi connectivity index (χ3n) is 1.30. The van der Waals surface area contributed by atoms with Crippen LogP contribution < -0.4 is 5.43 Å². The summed E-state index contributed by atoms with van der Waals surface area (Å²) in [7, 11) is 5.18. The van der Waals surface area contributed by atoms with Crippen molar-refractivity contribution in [1.82, 2.24) is 10.3 Å². The molecule has 0 aliphatic carbocycles. The number of aliphatic imine (C=N–C) groups is 1. The van der Waals surface area contributed by atoms with Gasteiger partial charge in [-0.2, -0.15) is 15.3 Å². The van der Waals surface area contributed by atoms with Gasteiger partial charge in [0.1, 0.15) is 0 Å². The standard InChI is InChI=1S/C8H16N6S2.Cu/c1-6(11-12-7(15)9-2)5-10-13-8(16)14(3)4;/h5H,1-4H3,(H,13,16)(H2,9,12,15);/q;+2/p-2/b10-5-,11-6-;/i;1+3. The first-order chi connectivity index (χ1) is 7.47. The second-order valence-electron chi connectivity index (χ2n) is 2.92. The Morgan fingerprint density at radius 3 is 2.35 bits per heavy atom. The van der Waals surface area contributed by atoms with Crippen molar-refractivity contribution in [2.24, 2.45) is 20.3 Å². The molecule has 0 amide bonds. The number of nitrogens with zero attached hydrogens (tertiary/aromatic N) is 5. The van der Waals surface area contributed by atoms with Gasteiger partial charge in [-0.05, 0) is 12.1 Å². The maximum atomic E-state index is 4.91. The molecule has 1 radical (unpaired) electrons. The van der Waals surface area contributed by atoms with Crippen molar-refractivity contribution in [2.45, 2.75) is 6.92 Å². The van der Waals surface area contributed by atoms with E-state index in [1.807, 2.05) is 0 Å². The molecule has 9 heteroatoms. The van der Waals surface area contributed by atoms with E-state index in [1.165, 1.54) is 6.21 Å². The minimum atomic E-state index is 0. The summed E-state index contributed by atoms with van der Waals surface area (Å²) in [5.74, 6) is 0. The Kier molecular flexibility index (Phi) is 11.4. The van der Waals surface area contributed by atoms with Crippen LogP contribution in [0.5, 0.6) is 0 Å². The quantitative estimate of drug-likeness (QED) is 0.259. The molecule has 0 bridgehead atoms. The molecule has 0 aliphatic rings. The Morgan fingerprint density at radius 1 is 1.29 bits per heavy atom. The fourth-order valence-electron chi connectivity index (χ4n) is 0.466. The van der Waals surface area contributed by atoms with Gasteiger partial charge in [-0.3, -0.25) is 10.4 Å². The Morgan fingerprint density at radius 2 is 1.88 bits per heavy atom. The molecule has 0 rings (SSSR count). The van der Waals surface area contributed by atoms with Crippen LogP contribution in [0.15, 0.2) is 20.3 Å². The molecule has 17 heavy (non-hydrogen) atoms. The Labute approximate surface area is 123 Å². The fourth-order valence-corrected chi connectivity index (χ4v) is 0.559. The van der Waals surface area contributed by atoms with Crippen molar-refractivity contribution >= 4 is 47.5 Å². The van der Waals surface area contributed by atoms with Crippen LogP contribution >= 0.6 is 0 Å². The van der Waals surface area contributed by atoms with Crippen molar-refractivity contribution in [3.8, 4) is 0 Å². The SMILES string of the molecule is CN=C([S-])N\N=C(C)/C=N\N=C(/[S-])N(C)C.[67Cu+2]. The van der Waals surface area contributed by atoms with Gasteiger partial charge in [0.15, 0.2) is 0 Å². The molecule has 6 nitrogen and oxygen atoms in total. The number of hydrogen-bond donors (Lipinski definition) is 1.